The number of carbonyl (C=O) groups excluding carboxylic acids is 6. The molecular formula is C81H105K3N9O21P3. The van der Waals surface area contributed by atoms with Gasteiger partial charge >= 0.3 is 177 Å². The Labute approximate surface area is 809 Å². The zero-order chi connectivity index (χ0) is 83.6. The molecule has 0 fully saturated rings. The van der Waals surface area contributed by atoms with Crippen molar-refractivity contribution in [2.45, 2.75) is 172 Å². The van der Waals surface area contributed by atoms with E-state index in [-0.39, 0.29) is 230 Å². The molecule has 0 aliphatic carbocycles. The molecule has 0 spiro atoms. The first kappa shape index (κ1) is 105. The average Bonchev–Trinajstić information content (AvgIpc) is 1.77. The third-order valence-corrected chi connectivity index (χ3v) is 22.8. The first-order chi connectivity index (χ1) is 53.9. The number of carboxylic acid groups (broad SMARTS) is 3. The minimum Gasteiger partial charge on any atom is -0.548 e. The number of methoxy groups -OCH3 is 3. The van der Waals surface area contributed by atoms with Crippen LogP contribution in [0.1, 0.15) is 113 Å². The molecule has 30 nitrogen and oxygen atoms in total. The third-order valence-electron chi connectivity index (χ3n) is 19.2. The standard InChI is InChI=1S/3C27H36N3O7P.3K/c3*1-17(2)14-23(29-25(38(34,35)36)13-10-18-8-11-20(37-3)12-9-18)26(31)30-24(27(32)33)15-19-16-28-22-7-5-4-6-21(19)22;;;/h3*4-9,11-12,16-17,23-25,28-29H,10,13-15H2,1-3H3,(H,30,31)(H,32,33)(H2,34,35,36);;;/q;;;3*+1/p-3/t3*23-,24-,25?;;;/m000.../s1. The summed E-state index contributed by atoms with van der Waals surface area (Å²) in [5, 5.41) is 54.4. The number of aliphatic carboxylic acids is 3. The third kappa shape index (κ3) is 34.6. The van der Waals surface area contributed by atoms with Gasteiger partial charge < -0.3 is 104 Å². The van der Waals surface area contributed by atoms with Crippen molar-refractivity contribution in [2.24, 2.45) is 17.8 Å². The van der Waals surface area contributed by atoms with E-state index in [1.165, 1.54) is 0 Å². The Kier molecular flexibility index (Phi) is 45.5. The summed E-state index contributed by atoms with van der Waals surface area (Å²) < 4.78 is 52.4. The van der Waals surface area contributed by atoms with E-state index in [0.717, 1.165) is 49.4 Å². The van der Waals surface area contributed by atoms with Crippen LogP contribution in [0.15, 0.2) is 164 Å². The molecule has 3 aromatic heterocycles. The Hall–Kier alpha value is -4.60. The van der Waals surface area contributed by atoms with E-state index in [9.17, 15) is 87.1 Å². The maximum atomic E-state index is 13.3. The predicted molar refractivity (Wildman–Crippen MR) is 427 cm³/mol. The molecule has 0 bridgehead atoms. The zero-order valence-corrected chi connectivity index (χ0v) is 80.2. The number of aromatic amines is 3. The van der Waals surface area contributed by atoms with Crippen molar-refractivity contribution in [3.05, 3.63) is 198 Å². The SMILES string of the molecule is COc1ccc(CCC(N[C@@H](CC(C)C)C(=O)N[C@@H](Cc2c[nH]c3ccccc23)C(=O)[O-])P(=O)(O)O)cc1.COc1ccc(CCC(N[C@@H](CC(C)C)C(=O)N[C@@H](Cc2c[nH]c3ccccc23)C(=O)[O-])P(=O)(O)O)cc1.COc1ccc(CCC(N[C@@H](CC(C)C)C(=O)N[C@@H](Cc2c[nH]c3ccccc23)C(=O)[O-])P(=O)(O)O)cc1.[K+].[K+].[K+]. The van der Waals surface area contributed by atoms with Gasteiger partial charge in [-0.05, 0) is 164 Å². The number of para-hydroxylation sites is 3. The van der Waals surface area contributed by atoms with Crippen LogP contribution in [0.25, 0.3) is 32.7 Å². The topological polar surface area (TPSA) is 491 Å². The molecule has 6 aromatic carbocycles. The number of hydrogen-bond acceptors (Lipinski definition) is 18. The molecule has 117 heavy (non-hydrogen) atoms. The molecule has 3 amide bonds. The molecule has 9 atom stereocenters. The van der Waals surface area contributed by atoms with E-state index in [2.05, 4.69) is 46.9 Å². The smallest absolute Gasteiger partial charge is 0.548 e. The van der Waals surface area contributed by atoms with Gasteiger partial charge in [-0.3, -0.25) is 44.0 Å². The maximum absolute atomic E-state index is 13.3. The number of fused-ring (bicyclic) bond motifs is 3. The van der Waals surface area contributed by atoms with Gasteiger partial charge in [0, 0.05) is 70.6 Å². The summed E-state index contributed by atoms with van der Waals surface area (Å²) in [6, 6.07) is 36.6. The van der Waals surface area contributed by atoms with Gasteiger partial charge in [0.2, 0.25) is 17.7 Å². The summed E-state index contributed by atoms with van der Waals surface area (Å²) in [4.78, 5) is 145. The molecule has 3 unspecified atom stereocenters. The van der Waals surface area contributed by atoms with Crippen LogP contribution in [-0.2, 0) is 81.0 Å². The van der Waals surface area contributed by atoms with E-state index in [1.54, 1.807) is 76.3 Å². The van der Waals surface area contributed by atoms with Gasteiger partial charge in [-0.15, -0.1) is 0 Å². The van der Waals surface area contributed by atoms with E-state index in [4.69, 9.17) is 14.2 Å². The van der Waals surface area contributed by atoms with Crippen LogP contribution in [0.5, 0.6) is 17.2 Å². The number of benzene rings is 6. The van der Waals surface area contributed by atoms with Gasteiger partial charge in [-0.1, -0.05) is 133 Å². The van der Waals surface area contributed by atoms with E-state index in [1.807, 2.05) is 151 Å². The van der Waals surface area contributed by atoms with Crippen LogP contribution in [0.4, 0.5) is 0 Å². The van der Waals surface area contributed by atoms with Crippen LogP contribution in [0, 0.1) is 17.8 Å². The molecule has 0 saturated heterocycles. The fourth-order valence-electron chi connectivity index (χ4n) is 13.2. The zero-order valence-electron chi connectivity index (χ0n) is 68.2. The molecule has 0 radical (unpaired) electrons. The van der Waals surface area contributed by atoms with Crippen molar-refractivity contribution >= 4 is 91.1 Å². The second-order valence-corrected chi connectivity index (χ2v) is 34.8. The van der Waals surface area contributed by atoms with Crippen LogP contribution >= 0.6 is 22.8 Å². The van der Waals surface area contributed by atoms with Crippen molar-refractivity contribution in [3.8, 4) is 17.2 Å². The maximum Gasteiger partial charge on any atom is 1.00 e. The number of nitrogens with one attached hydrogen (secondary N) is 9. The van der Waals surface area contributed by atoms with Crippen LogP contribution in [0.2, 0.25) is 0 Å². The van der Waals surface area contributed by atoms with Crippen molar-refractivity contribution < 1.29 is 256 Å². The van der Waals surface area contributed by atoms with Gasteiger partial charge in [0.1, 0.15) is 34.6 Å². The average molecular weight is 1750 g/mol. The number of amides is 3. The van der Waals surface area contributed by atoms with Gasteiger partial charge in [-0.2, -0.15) is 0 Å². The quantitative estimate of drug-likeness (QED) is 0.0137. The molecule has 0 aliphatic heterocycles. The van der Waals surface area contributed by atoms with Crippen molar-refractivity contribution in [3.63, 3.8) is 0 Å². The fourth-order valence-corrected chi connectivity index (χ4v) is 15.7. The summed E-state index contributed by atoms with van der Waals surface area (Å²) >= 11 is 0. The number of aryl methyl sites for hydroxylation is 3. The fraction of sp³-hybridized carbons (Fsp3) is 0.407. The summed E-state index contributed by atoms with van der Waals surface area (Å²) in [7, 11) is -9.27. The van der Waals surface area contributed by atoms with Crippen LogP contribution in [0.3, 0.4) is 0 Å². The Balaban J connectivity index is 0.000000365. The summed E-state index contributed by atoms with van der Waals surface area (Å²) in [6.45, 7) is 11.2. The number of carbonyl (C=O) groups is 6. The molecule has 3 heterocycles. The number of aromatic nitrogens is 3. The Bertz CT molecular complexity index is 4300. The largest absolute Gasteiger partial charge is 1.00 e. The summed E-state index contributed by atoms with van der Waals surface area (Å²) in [5.41, 5.74) is 7.19. The second-order valence-electron chi connectivity index (χ2n) is 29.4. The second kappa shape index (κ2) is 50.9. The molecule has 0 aliphatic rings. The number of rotatable bonds is 42. The number of H-pyrrole nitrogens is 3. The number of ether oxygens (including phenoxy) is 3. The Morgan fingerprint density at radius 1 is 0.359 bits per heavy atom. The normalized spacial score (nSPS) is 13.9. The van der Waals surface area contributed by atoms with Gasteiger partial charge in [0.05, 0.1) is 75.5 Å². The van der Waals surface area contributed by atoms with E-state index < -0.39 is 112 Å². The van der Waals surface area contributed by atoms with Crippen molar-refractivity contribution in [2.75, 3.05) is 21.3 Å². The molecule has 15 N–H and O–H groups in total. The summed E-state index contributed by atoms with van der Waals surface area (Å²) in [6.07, 6.45) is 7.06. The van der Waals surface area contributed by atoms with Crippen LogP contribution < -0.4 is 216 Å². The first-order valence-corrected chi connectivity index (χ1v) is 42.5. The van der Waals surface area contributed by atoms with Crippen molar-refractivity contribution in [1.29, 1.82) is 0 Å². The molecule has 9 rings (SSSR count). The predicted octanol–water partition coefficient (Wildman–Crippen LogP) is -2.70. The van der Waals surface area contributed by atoms with Gasteiger partial charge in [-0.25, -0.2) is 0 Å². The monoisotopic (exact) mass is 1750 g/mol. The summed E-state index contributed by atoms with van der Waals surface area (Å²) in [5.74, 6) is -8.22. The Morgan fingerprint density at radius 2 is 0.581 bits per heavy atom. The van der Waals surface area contributed by atoms with Crippen LogP contribution in [-0.4, -0.2) is 155 Å². The first-order valence-electron chi connectivity index (χ1n) is 37.4. The molecule has 618 valence electrons. The Morgan fingerprint density at radius 3 is 0.778 bits per heavy atom. The minimum atomic E-state index is -4.64. The van der Waals surface area contributed by atoms with Gasteiger partial charge in [0.15, 0.2) is 0 Å². The van der Waals surface area contributed by atoms with Gasteiger partial charge in [0.25, 0.3) is 0 Å². The van der Waals surface area contributed by atoms with E-state index in [0.29, 0.717) is 53.2 Å². The molecule has 36 heteroatoms. The molecule has 9 aromatic rings. The number of carboxylic acids is 3. The number of hydrogen-bond donors (Lipinski definition) is 15. The minimum absolute atomic E-state index is 0. The van der Waals surface area contributed by atoms with Crippen molar-refractivity contribution in [1.82, 2.24) is 46.9 Å². The van der Waals surface area contributed by atoms with E-state index >= 15 is 0 Å². The molecule has 0 saturated carbocycles. The molecular weight excluding hydrogens is 1650 g/mol.